The molecule has 1 aromatic carbocycles. The van der Waals surface area contributed by atoms with Crippen molar-refractivity contribution in [1.82, 2.24) is 10.2 Å². The van der Waals surface area contributed by atoms with Gasteiger partial charge in [0.1, 0.15) is 5.75 Å². The van der Waals surface area contributed by atoms with E-state index in [1.165, 1.54) is 30.2 Å². The predicted molar refractivity (Wildman–Crippen MR) is 92.5 cm³/mol. The minimum Gasteiger partial charge on any atom is -0.481 e. The van der Waals surface area contributed by atoms with Crippen molar-refractivity contribution in [3.63, 3.8) is 0 Å². The molecule has 2 aromatic rings. The first-order valence-electron chi connectivity index (χ1n) is 7.05. The first-order chi connectivity index (χ1) is 11.5. The Morgan fingerprint density at radius 3 is 2.67 bits per heavy atom. The van der Waals surface area contributed by atoms with Gasteiger partial charge in [-0.15, -0.1) is 10.2 Å². The Labute approximate surface area is 147 Å². The van der Waals surface area contributed by atoms with Gasteiger partial charge in [0.2, 0.25) is 5.13 Å². The molecule has 9 heteroatoms. The summed E-state index contributed by atoms with van der Waals surface area (Å²) in [5.41, 5.74) is 1.12. The number of rotatable bonds is 7. The standard InChI is InChI=1S/C15H17N3O4S2/c1-9-4-6-11(7-5-9)22-10(2)13(20)16-14-17-18-15(24-14)23-8-12(19)21-3/h4-7,10H,8H2,1-3H3,(H,16,17,20). The number of ether oxygens (including phenoxy) is 2. The van der Waals surface area contributed by atoms with Gasteiger partial charge in [-0.05, 0) is 26.0 Å². The number of aryl methyl sites for hydroxylation is 1. The second-order valence-electron chi connectivity index (χ2n) is 4.80. The van der Waals surface area contributed by atoms with Gasteiger partial charge in [0.05, 0.1) is 12.9 Å². The third-order valence-corrected chi connectivity index (χ3v) is 4.83. The molecule has 1 atom stereocenters. The SMILES string of the molecule is COC(=O)CSc1nnc(NC(=O)C(C)Oc2ccc(C)cc2)s1. The Morgan fingerprint density at radius 1 is 1.29 bits per heavy atom. The summed E-state index contributed by atoms with van der Waals surface area (Å²) in [4.78, 5) is 23.2. The third kappa shape index (κ3) is 5.50. The number of hydrogen-bond acceptors (Lipinski definition) is 8. The molecule has 1 unspecified atom stereocenters. The van der Waals surface area contributed by atoms with Crippen molar-refractivity contribution < 1.29 is 19.1 Å². The molecular formula is C15H17N3O4S2. The summed E-state index contributed by atoms with van der Waals surface area (Å²) in [5, 5.41) is 10.8. The molecule has 0 aliphatic heterocycles. The highest BCUT2D eigenvalue weighted by atomic mass is 32.2. The van der Waals surface area contributed by atoms with Gasteiger partial charge in [-0.2, -0.15) is 0 Å². The summed E-state index contributed by atoms with van der Waals surface area (Å²) in [5.74, 6) is 0.0958. The average Bonchev–Trinajstić information content (AvgIpc) is 3.02. The van der Waals surface area contributed by atoms with E-state index in [4.69, 9.17) is 4.74 Å². The molecule has 0 fully saturated rings. The molecule has 0 aliphatic carbocycles. The molecular weight excluding hydrogens is 350 g/mol. The highest BCUT2D eigenvalue weighted by Gasteiger charge is 2.17. The van der Waals surface area contributed by atoms with Gasteiger partial charge in [0.25, 0.3) is 5.91 Å². The topological polar surface area (TPSA) is 90.4 Å². The first kappa shape index (κ1) is 18.2. The van der Waals surface area contributed by atoms with Gasteiger partial charge in [-0.1, -0.05) is 40.8 Å². The Balaban J connectivity index is 1.86. The molecule has 0 bridgehead atoms. The zero-order valence-corrected chi connectivity index (χ0v) is 15.1. The van der Waals surface area contributed by atoms with E-state index in [-0.39, 0.29) is 17.6 Å². The van der Waals surface area contributed by atoms with Crippen molar-refractivity contribution in [2.24, 2.45) is 0 Å². The van der Waals surface area contributed by atoms with Gasteiger partial charge in [0.15, 0.2) is 10.4 Å². The molecule has 128 valence electrons. The lowest BCUT2D eigenvalue weighted by Gasteiger charge is -2.13. The molecule has 7 nitrogen and oxygen atoms in total. The third-order valence-electron chi connectivity index (χ3n) is 2.88. The van der Waals surface area contributed by atoms with E-state index < -0.39 is 6.10 Å². The van der Waals surface area contributed by atoms with Gasteiger partial charge < -0.3 is 9.47 Å². The van der Waals surface area contributed by atoms with Crippen LogP contribution in [0, 0.1) is 6.92 Å². The number of benzene rings is 1. The van der Waals surface area contributed by atoms with E-state index in [1.54, 1.807) is 6.92 Å². The quantitative estimate of drug-likeness (QED) is 0.457. The van der Waals surface area contributed by atoms with E-state index in [0.717, 1.165) is 5.56 Å². The van der Waals surface area contributed by atoms with Crippen molar-refractivity contribution in [2.45, 2.75) is 24.3 Å². The molecule has 0 saturated carbocycles. The molecule has 0 saturated heterocycles. The van der Waals surface area contributed by atoms with Crippen LogP contribution in [0.5, 0.6) is 5.75 Å². The van der Waals surface area contributed by atoms with Crippen molar-refractivity contribution >= 4 is 40.1 Å². The lowest BCUT2D eigenvalue weighted by molar-refractivity contribution is -0.137. The van der Waals surface area contributed by atoms with E-state index in [1.807, 2.05) is 31.2 Å². The fraction of sp³-hybridized carbons (Fsp3) is 0.333. The maximum absolute atomic E-state index is 12.1. The second-order valence-corrected chi connectivity index (χ2v) is 7.00. The predicted octanol–water partition coefficient (Wildman–Crippen LogP) is 2.52. The Hall–Kier alpha value is -2.13. The van der Waals surface area contributed by atoms with Gasteiger partial charge >= 0.3 is 5.97 Å². The van der Waals surface area contributed by atoms with Crippen LogP contribution in [0.1, 0.15) is 12.5 Å². The van der Waals surface area contributed by atoms with E-state index in [2.05, 4.69) is 20.3 Å². The highest BCUT2D eigenvalue weighted by Crippen LogP contribution is 2.25. The maximum Gasteiger partial charge on any atom is 0.316 e. The van der Waals surface area contributed by atoms with Crippen molar-refractivity contribution in [1.29, 1.82) is 0 Å². The fourth-order valence-electron chi connectivity index (χ4n) is 1.58. The number of carbonyl (C=O) groups excluding carboxylic acids is 2. The maximum atomic E-state index is 12.1. The molecule has 24 heavy (non-hydrogen) atoms. The molecule has 1 N–H and O–H groups in total. The summed E-state index contributed by atoms with van der Waals surface area (Å²) >= 11 is 2.39. The van der Waals surface area contributed by atoms with Crippen LogP contribution in [0.3, 0.4) is 0 Å². The average molecular weight is 367 g/mol. The van der Waals surface area contributed by atoms with Crippen LogP contribution in [0.25, 0.3) is 0 Å². The summed E-state index contributed by atoms with van der Waals surface area (Å²) < 4.78 is 10.7. The van der Waals surface area contributed by atoms with Gasteiger partial charge in [-0.25, -0.2) is 0 Å². The molecule has 0 radical (unpaired) electrons. The lowest BCUT2D eigenvalue weighted by atomic mass is 10.2. The first-order valence-corrected chi connectivity index (χ1v) is 8.85. The summed E-state index contributed by atoms with van der Waals surface area (Å²) in [6, 6.07) is 7.45. The van der Waals surface area contributed by atoms with E-state index in [9.17, 15) is 9.59 Å². The number of thioether (sulfide) groups is 1. The zero-order valence-electron chi connectivity index (χ0n) is 13.4. The monoisotopic (exact) mass is 367 g/mol. The number of anilines is 1. The number of carbonyl (C=O) groups is 2. The molecule has 2 rings (SSSR count). The largest absolute Gasteiger partial charge is 0.481 e. The number of nitrogens with one attached hydrogen (secondary N) is 1. The van der Waals surface area contributed by atoms with Gasteiger partial charge in [0, 0.05) is 0 Å². The second kappa shape index (κ2) is 8.65. The van der Waals surface area contributed by atoms with Crippen LogP contribution in [0.15, 0.2) is 28.6 Å². The van der Waals surface area contributed by atoms with Crippen LogP contribution in [-0.4, -0.2) is 41.0 Å². The van der Waals surface area contributed by atoms with Crippen LogP contribution in [-0.2, 0) is 14.3 Å². The fourth-order valence-corrected chi connectivity index (χ4v) is 3.17. The van der Waals surface area contributed by atoms with Crippen molar-refractivity contribution in [3.8, 4) is 5.75 Å². The summed E-state index contributed by atoms with van der Waals surface area (Å²) in [7, 11) is 1.32. The number of hydrogen-bond donors (Lipinski definition) is 1. The van der Waals surface area contributed by atoms with E-state index >= 15 is 0 Å². The normalized spacial score (nSPS) is 11.6. The number of esters is 1. The van der Waals surface area contributed by atoms with Crippen molar-refractivity contribution in [3.05, 3.63) is 29.8 Å². The van der Waals surface area contributed by atoms with Crippen LogP contribution >= 0.6 is 23.1 Å². The number of aromatic nitrogens is 2. The molecule has 1 amide bonds. The van der Waals surface area contributed by atoms with Gasteiger partial charge in [-0.3, -0.25) is 14.9 Å². The van der Waals surface area contributed by atoms with E-state index in [0.29, 0.717) is 15.2 Å². The molecule has 1 heterocycles. The zero-order chi connectivity index (χ0) is 17.5. The summed E-state index contributed by atoms with van der Waals surface area (Å²) in [6.45, 7) is 3.63. The molecule has 0 spiro atoms. The van der Waals surface area contributed by atoms with Crippen LogP contribution in [0.2, 0.25) is 0 Å². The van der Waals surface area contributed by atoms with Crippen LogP contribution < -0.4 is 10.1 Å². The number of methoxy groups -OCH3 is 1. The molecule has 1 aromatic heterocycles. The minimum absolute atomic E-state index is 0.145. The Morgan fingerprint density at radius 2 is 2.00 bits per heavy atom. The Kier molecular flexibility index (Phi) is 6.56. The Bertz CT molecular complexity index is 703. The van der Waals surface area contributed by atoms with Crippen molar-refractivity contribution in [2.75, 3.05) is 18.2 Å². The number of amides is 1. The summed E-state index contributed by atoms with van der Waals surface area (Å²) in [6.07, 6.45) is -0.678. The smallest absolute Gasteiger partial charge is 0.316 e. The minimum atomic E-state index is -0.678. The highest BCUT2D eigenvalue weighted by molar-refractivity contribution is 8.01. The lowest BCUT2D eigenvalue weighted by Crippen LogP contribution is -2.30. The molecule has 0 aliphatic rings. The van der Waals surface area contributed by atoms with Crippen LogP contribution in [0.4, 0.5) is 5.13 Å². The number of nitrogens with zero attached hydrogens (tertiary/aromatic N) is 2.